The normalized spacial score (nSPS) is 11.6. The smallest absolute Gasteiger partial charge is 0.0730 e. The zero-order valence-corrected chi connectivity index (χ0v) is 23.9. The van der Waals surface area contributed by atoms with Gasteiger partial charge < -0.3 is 9.13 Å². The number of aromatic nitrogens is 3. The first-order valence-electron chi connectivity index (χ1n) is 15.0. The molecule has 0 spiro atoms. The Morgan fingerprint density at radius 2 is 0.909 bits per heavy atom. The van der Waals surface area contributed by atoms with Crippen LogP contribution in [0.5, 0.6) is 0 Å². The highest BCUT2D eigenvalue weighted by Crippen LogP contribution is 2.40. The minimum Gasteiger partial charge on any atom is -0.309 e. The van der Waals surface area contributed by atoms with E-state index in [4.69, 9.17) is 4.98 Å². The fourth-order valence-electron chi connectivity index (χ4n) is 6.84. The van der Waals surface area contributed by atoms with Gasteiger partial charge in [-0.1, -0.05) is 109 Å². The Labute approximate surface area is 254 Å². The van der Waals surface area contributed by atoms with Crippen molar-refractivity contribution >= 4 is 43.6 Å². The van der Waals surface area contributed by atoms with Crippen LogP contribution in [0, 0.1) is 0 Å². The quantitative estimate of drug-likeness (QED) is 0.210. The van der Waals surface area contributed by atoms with Crippen molar-refractivity contribution in [3.05, 3.63) is 164 Å². The molecule has 0 aliphatic heterocycles. The molecule has 0 radical (unpaired) electrons. The van der Waals surface area contributed by atoms with E-state index in [-0.39, 0.29) is 0 Å². The number of nitrogens with zero attached hydrogens (tertiary/aromatic N) is 3. The second-order valence-corrected chi connectivity index (χ2v) is 11.3. The van der Waals surface area contributed by atoms with Crippen LogP contribution in [0.15, 0.2) is 164 Å². The molecule has 206 valence electrons. The minimum absolute atomic E-state index is 1.10. The number of benzene rings is 6. The van der Waals surface area contributed by atoms with E-state index >= 15 is 0 Å². The summed E-state index contributed by atoms with van der Waals surface area (Å²) in [6.45, 7) is 0. The summed E-state index contributed by atoms with van der Waals surface area (Å²) in [7, 11) is 0. The van der Waals surface area contributed by atoms with Gasteiger partial charge >= 0.3 is 0 Å². The molecule has 0 fully saturated rings. The van der Waals surface area contributed by atoms with Crippen LogP contribution in [0.3, 0.4) is 0 Å². The van der Waals surface area contributed by atoms with Gasteiger partial charge in [-0.3, -0.25) is 4.98 Å². The molecule has 0 bridgehead atoms. The summed E-state index contributed by atoms with van der Waals surface area (Å²) in [5, 5.41) is 4.93. The summed E-state index contributed by atoms with van der Waals surface area (Å²) in [5.74, 6) is 0. The lowest BCUT2D eigenvalue weighted by Gasteiger charge is -2.11. The predicted octanol–water partition coefficient (Wildman–Crippen LogP) is 10.6. The van der Waals surface area contributed by atoms with Gasteiger partial charge in [-0.25, -0.2) is 0 Å². The topological polar surface area (TPSA) is 22.8 Å². The standard InChI is InChI=1S/C41H27N3/c1-3-11-28(12-4-1)29-19-22-32(23-20-29)43-37-17-9-7-15-33(37)34-24-21-30(25-39(34)43)36-26-42-27-40-41(36)35-16-8-10-18-38(35)44(40)31-13-5-2-6-14-31/h1-27H. The van der Waals surface area contributed by atoms with Crippen molar-refractivity contribution in [1.82, 2.24) is 14.1 Å². The minimum atomic E-state index is 1.10. The molecule has 44 heavy (non-hydrogen) atoms. The molecule has 0 amide bonds. The van der Waals surface area contributed by atoms with Gasteiger partial charge in [-0.05, 0) is 59.2 Å². The van der Waals surface area contributed by atoms with Crippen LogP contribution in [0.2, 0.25) is 0 Å². The van der Waals surface area contributed by atoms with Gasteiger partial charge in [0.25, 0.3) is 0 Å². The number of fused-ring (bicyclic) bond motifs is 6. The molecule has 0 N–H and O–H groups in total. The summed E-state index contributed by atoms with van der Waals surface area (Å²) >= 11 is 0. The molecule has 3 aromatic heterocycles. The van der Waals surface area contributed by atoms with Crippen LogP contribution in [-0.4, -0.2) is 14.1 Å². The Morgan fingerprint density at radius 1 is 0.364 bits per heavy atom. The first kappa shape index (κ1) is 24.6. The van der Waals surface area contributed by atoms with E-state index in [9.17, 15) is 0 Å². The maximum absolute atomic E-state index is 4.78. The largest absolute Gasteiger partial charge is 0.309 e. The Balaban J connectivity index is 1.29. The van der Waals surface area contributed by atoms with E-state index in [0.717, 1.165) is 28.0 Å². The zero-order valence-electron chi connectivity index (χ0n) is 23.9. The van der Waals surface area contributed by atoms with Gasteiger partial charge in [0, 0.05) is 44.7 Å². The van der Waals surface area contributed by atoms with E-state index < -0.39 is 0 Å². The molecule has 0 aliphatic rings. The van der Waals surface area contributed by atoms with Gasteiger partial charge in [0.05, 0.1) is 28.3 Å². The molecule has 9 rings (SSSR count). The van der Waals surface area contributed by atoms with Crippen molar-refractivity contribution in [1.29, 1.82) is 0 Å². The summed E-state index contributed by atoms with van der Waals surface area (Å²) in [6.07, 6.45) is 4.02. The van der Waals surface area contributed by atoms with Gasteiger partial charge in [0.2, 0.25) is 0 Å². The molecule has 0 aliphatic carbocycles. The number of rotatable bonds is 4. The number of hydrogen-bond donors (Lipinski definition) is 0. The fourth-order valence-corrected chi connectivity index (χ4v) is 6.84. The maximum Gasteiger partial charge on any atom is 0.0730 e. The molecule has 6 aromatic carbocycles. The van der Waals surface area contributed by atoms with E-state index in [1.165, 1.54) is 49.2 Å². The van der Waals surface area contributed by atoms with Crippen LogP contribution in [0.1, 0.15) is 0 Å². The van der Waals surface area contributed by atoms with Crippen LogP contribution in [0.25, 0.3) is 77.2 Å². The Bertz CT molecular complexity index is 2470. The van der Waals surface area contributed by atoms with Crippen LogP contribution in [-0.2, 0) is 0 Å². The summed E-state index contributed by atoms with van der Waals surface area (Å²) < 4.78 is 4.72. The molecular weight excluding hydrogens is 534 g/mol. The SMILES string of the molecule is c1ccc(-c2ccc(-n3c4ccccc4c4ccc(-c5cncc6c5c5ccccc5n6-c5ccccc5)cc43)cc2)cc1. The molecule has 9 aromatic rings. The van der Waals surface area contributed by atoms with Crippen molar-refractivity contribution in [3.63, 3.8) is 0 Å². The second-order valence-electron chi connectivity index (χ2n) is 11.3. The molecule has 0 atom stereocenters. The van der Waals surface area contributed by atoms with Crippen LogP contribution in [0.4, 0.5) is 0 Å². The molecule has 3 nitrogen and oxygen atoms in total. The predicted molar refractivity (Wildman–Crippen MR) is 184 cm³/mol. The molecule has 3 heterocycles. The van der Waals surface area contributed by atoms with Crippen molar-refractivity contribution in [3.8, 4) is 33.6 Å². The van der Waals surface area contributed by atoms with Gasteiger partial charge in [-0.15, -0.1) is 0 Å². The molecule has 0 saturated carbocycles. The maximum atomic E-state index is 4.78. The van der Waals surface area contributed by atoms with E-state index in [1.54, 1.807) is 0 Å². The zero-order chi connectivity index (χ0) is 29.0. The van der Waals surface area contributed by atoms with Crippen LogP contribution >= 0.6 is 0 Å². The summed E-state index contributed by atoms with van der Waals surface area (Å²) in [6, 6.07) is 54.2. The van der Waals surface area contributed by atoms with E-state index in [2.05, 4.69) is 161 Å². The lowest BCUT2D eigenvalue weighted by molar-refractivity contribution is 1.17. The third-order valence-electron chi connectivity index (χ3n) is 8.81. The Kier molecular flexibility index (Phi) is 5.50. The third-order valence-corrected chi connectivity index (χ3v) is 8.81. The second kappa shape index (κ2) is 9.82. The van der Waals surface area contributed by atoms with E-state index in [0.29, 0.717) is 0 Å². The van der Waals surface area contributed by atoms with Crippen molar-refractivity contribution < 1.29 is 0 Å². The average Bonchev–Trinajstić information content (AvgIpc) is 3.62. The lowest BCUT2D eigenvalue weighted by atomic mass is 10.00. The number of para-hydroxylation sites is 3. The van der Waals surface area contributed by atoms with Crippen molar-refractivity contribution in [2.45, 2.75) is 0 Å². The van der Waals surface area contributed by atoms with Crippen LogP contribution < -0.4 is 0 Å². The Morgan fingerprint density at radius 3 is 1.68 bits per heavy atom. The molecular formula is C41H27N3. The lowest BCUT2D eigenvalue weighted by Crippen LogP contribution is -1.95. The van der Waals surface area contributed by atoms with E-state index in [1.807, 2.05) is 12.4 Å². The highest BCUT2D eigenvalue weighted by atomic mass is 15.0. The average molecular weight is 562 g/mol. The highest BCUT2D eigenvalue weighted by Gasteiger charge is 2.18. The van der Waals surface area contributed by atoms with Crippen molar-refractivity contribution in [2.75, 3.05) is 0 Å². The summed E-state index contributed by atoms with van der Waals surface area (Å²) in [4.78, 5) is 4.78. The molecule has 0 saturated heterocycles. The van der Waals surface area contributed by atoms with Gasteiger partial charge in [0.1, 0.15) is 0 Å². The fraction of sp³-hybridized carbons (Fsp3) is 0. The number of hydrogen-bond acceptors (Lipinski definition) is 1. The third kappa shape index (κ3) is 3.73. The summed E-state index contributed by atoms with van der Waals surface area (Å²) in [5.41, 5.74) is 11.6. The Hall–Kier alpha value is -5.93. The molecule has 3 heteroatoms. The monoisotopic (exact) mass is 561 g/mol. The van der Waals surface area contributed by atoms with Crippen molar-refractivity contribution in [2.24, 2.45) is 0 Å². The molecule has 0 unspecified atom stereocenters. The van der Waals surface area contributed by atoms with Gasteiger partial charge in [0.15, 0.2) is 0 Å². The first-order valence-corrected chi connectivity index (χ1v) is 15.0. The number of pyridine rings is 1. The first-order chi connectivity index (χ1) is 21.8. The highest BCUT2D eigenvalue weighted by molar-refractivity contribution is 6.16. The van der Waals surface area contributed by atoms with Gasteiger partial charge in [-0.2, -0.15) is 0 Å².